The molecule has 1 rings (SSSR count). The zero-order valence-electron chi connectivity index (χ0n) is 10.7. The van der Waals surface area contributed by atoms with Crippen molar-refractivity contribution in [1.29, 1.82) is 0 Å². The lowest BCUT2D eigenvalue weighted by Gasteiger charge is -2.29. The Kier molecular flexibility index (Phi) is 5.37. The van der Waals surface area contributed by atoms with Crippen molar-refractivity contribution in [3.63, 3.8) is 0 Å². The third kappa shape index (κ3) is 3.34. The summed E-state index contributed by atoms with van der Waals surface area (Å²) < 4.78 is 5.10. The summed E-state index contributed by atoms with van der Waals surface area (Å²) >= 11 is 6.08. The van der Waals surface area contributed by atoms with Crippen molar-refractivity contribution < 1.29 is 14.6 Å². The fourth-order valence-electron chi connectivity index (χ4n) is 1.76. The van der Waals surface area contributed by atoms with E-state index in [-0.39, 0.29) is 11.6 Å². The van der Waals surface area contributed by atoms with Gasteiger partial charge in [0.1, 0.15) is 5.82 Å². The average molecular weight is 273 g/mol. The van der Waals surface area contributed by atoms with Crippen molar-refractivity contribution in [2.45, 2.75) is 19.9 Å². The molecule has 1 aromatic heterocycles. The van der Waals surface area contributed by atoms with Crippen molar-refractivity contribution in [3.05, 3.63) is 22.8 Å². The summed E-state index contributed by atoms with van der Waals surface area (Å²) in [6, 6.07) is 1.52. The maximum Gasteiger partial charge on any atom is 0.337 e. The van der Waals surface area contributed by atoms with Crippen LogP contribution in [0.25, 0.3) is 0 Å². The van der Waals surface area contributed by atoms with Crippen LogP contribution in [0.2, 0.25) is 5.02 Å². The van der Waals surface area contributed by atoms with Crippen molar-refractivity contribution in [3.8, 4) is 0 Å². The highest BCUT2D eigenvalue weighted by atomic mass is 35.5. The molecule has 0 bridgehead atoms. The molecule has 0 aliphatic carbocycles. The van der Waals surface area contributed by atoms with E-state index >= 15 is 0 Å². The number of nitrogens with zero attached hydrogens (tertiary/aromatic N) is 2. The van der Waals surface area contributed by atoms with Gasteiger partial charge in [0.25, 0.3) is 0 Å². The molecule has 0 spiro atoms. The molecule has 0 saturated carbocycles. The molecule has 5 nitrogen and oxygen atoms in total. The molecule has 1 atom stereocenters. The first-order valence-corrected chi connectivity index (χ1v) is 6.03. The largest absolute Gasteiger partial charge is 0.478 e. The lowest BCUT2D eigenvalue weighted by molar-refractivity contribution is 0.0696. The number of rotatable bonds is 6. The van der Waals surface area contributed by atoms with Crippen LogP contribution in [-0.2, 0) is 4.74 Å². The Balaban J connectivity index is 3.03. The lowest BCUT2D eigenvalue weighted by Crippen LogP contribution is -2.37. The van der Waals surface area contributed by atoms with Gasteiger partial charge in [0.05, 0.1) is 23.2 Å². The van der Waals surface area contributed by atoms with Crippen LogP contribution in [0.3, 0.4) is 0 Å². The van der Waals surface area contributed by atoms with E-state index in [0.717, 1.165) is 0 Å². The highest BCUT2D eigenvalue weighted by Crippen LogP contribution is 2.25. The van der Waals surface area contributed by atoms with Crippen LogP contribution in [0.4, 0.5) is 5.82 Å². The highest BCUT2D eigenvalue weighted by molar-refractivity contribution is 6.33. The van der Waals surface area contributed by atoms with Crippen LogP contribution in [0.5, 0.6) is 0 Å². The van der Waals surface area contributed by atoms with Crippen LogP contribution in [0.1, 0.15) is 24.2 Å². The Morgan fingerprint density at radius 2 is 2.33 bits per heavy atom. The van der Waals surface area contributed by atoms with Gasteiger partial charge in [0.15, 0.2) is 0 Å². The molecule has 0 aromatic carbocycles. The number of hydrogen-bond donors (Lipinski definition) is 1. The van der Waals surface area contributed by atoms with Gasteiger partial charge in [0, 0.05) is 19.9 Å². The first-order chi connectivity index (χ1) is 8.51. The number of carboxylic acids is 1. The summed E-state index contributed by atoms with van der Waals surface area (Å²) in [5.74, 6) is -0.461. The number of carboxylic acid groups (broad SMARTS) is 1. The Bertz CT molecular complexity index is 426. The van der Waals surface area contributed by atoms with Crippen molar-refractivity contribution >= 4 is 23.4 Å². The second-order valence-corrected chi connectivity index (χ2v) is 4.33. The molecule has 0 radical (unpaired) electrons. The number of aromatic nitrogens is 1. The average Bonchev–Trinajstić information content (AvgIpc) is 2.32. The molecule has 1 heterocycles. The molecule has 1 aromatic rings. The third-order valence-corrected chi connectivity index (χ3v) is 2.90. The van der Waals surface area contributed by atoms with Crippen LogP contribution < -0.4 is 4.90 Å². The van der Waals surface area contributed by atoms with E-state index in [9.17, 15) is 4.79 Å². The normalized spacial score (nSPS) is 12.2. The fraction of sp³-hybridized carbons (Fsp3) is 0.500. The second-order valence-electron chi connectivity index (χ2n) is 3.92. The number of pyridine rings is 1. The van der Waals surface area contributed by atoms with Crippen molar-refractivity contribution in [2.24, 2.45) is 0 Å². The molecule has 1 N–H and O–H groups in total. The first-order valence-electron chi connectivity index (χ1n) is 5.65. The van der Waals surface area contributed by atoms with Gasteiger partial charge in [-0.2, -0.15) is 0 Å². The predicted molar refractivity (Wildman–Crippen MR) is 70.6 cm³/mol. The Morgan fingerprint density at radius 3 is 2.78 bits per heavy atom. The van der Waals surface area contributed by atoms with E-state index in [1.807, 2.05) is 18.7 Å². The Labute approximate surface area is 111 Å². The van der Waals surface area contributed by atoms with Gasteiger partial charge in [-0.3, -0.25) is 0 Å². The molecule has 0 fully saturated rings. The molecule has 1 unspecified atom stereocenters. The molecule has 6 heteroatoms. The zero-order valence-corrected chi connectivity index (χ0v) is 11.4. The molecule has 100 valence electrons. The highest BCUT2D eigenvalue weighted by Gasteiger charge is 2.18. The van der Waals surface area contributed by atoms with Gasteiger partial charge in [0.2, 0.25) is 0 Å². The number of halogens is 1. The molecule has 0 saturated heterocycles. The molecular weight excluding hydrogens is 256 g/mol. The van der Waals surface area contributed by atoms with Gasteiger partial charge in [-0.15, -0.1) is 0 Å². The number of aromatic carboxylic acids is 1. The smallest absolute Gasteiger partial charge is 0.337 e. The minimum atomic E-state index is -1.04. The van der Waals surface area contributed by atoms with Gasteiger partial charge < -0.3 is 14.7 Å². The predicted octanol–water partition coefficient (Wildman–Crippen LogP) is 2.29. The number of likely N-dealkylation sites (N-methyl/N-ethyl adjacent to an activating group) is 1. The lowest BCUT2D eigenvalue weighted by atomic mass is 10.2. The van der Waals surface area contributed by atoms with Crippen LogP contribution in [-0.4, -0.2) is 42.4 Å². The van der Waals surface area contributed by atoms with Crippen molar-refractivity contribution in [2.75, 3.05) is 25.2 Å². The monoisotopic (exact) mass is 272 g/mol. The molecule has 0 aliphatic rings. The molecule has 18 heavy (non-hydrogen) atoms. The maximum atomic E-state index is 10.8. The van der Waals surface area contributed by atoms with Crippen LogP contribution in [0.15, 0.2) is 12.3 Å². The van der Waals surface area contributed by atoms with Gasteiger partial charge >= 0.3 is 5.97 Å². The van der Waals surface area contributed by atoms with E-state index in [4.69, 9.17) is 21.4 Å². The topological polar surface area (TPSA) is 62.7 Å². The molecule has 0 aliphatic heterocycles. The minimum Gasteiger partial charge on any atom is -0.478 e. The van der Waals surface area contributed by atoms with Crippen LogP contribution in [0, 0.1) is 0 Å². The summed E-state index contributed by atoms with van der Waals surface area (Å²) in [4.78, 5) is 16.9. The summed E-state index contributed by atoms with van der Waals surface area (Å²) in [5.41, 5.74) is 0.0826. The van der Waals surface area contributed by atoms with E-state index in [0.29, 0.717) is 24.0 Å². The standard InChI is InChI=1S/C12H17ClN2O3/c1-4-15(8(2)7-18-3)11-10(13)5-9(6-14-11)12(16)17/h5-6,8H,4,7H2,1-3H3,(H,16,17). The third-order valence-electron chi connectivity index (χ3n) is 2.62. The number of methoxy groups -OCH3 is 1. The van der Waals surface area contributed by atoms with Gasteiger partial charge in [-0.05, 0) is 19.9 Å². The maximum absolute atomic E-state index is 10.8. The van der Waals surface area contributed by atoms with E-state index in [2.05, 4.69) is 4.98 Å². The Morgan fingerprint density at radius 1 is 1.67 bits per heavy atom. The number of hydrogen-bond acceptors (Lipinski definition) is 4. The molecule has 0 amide bonds. The minimum absolute atomic E-state index is 0.0826. The molecular formula is C12H17ClN2O3. The van der Waals surface area contributed by atoms with Gasteiger partial charge in [-0.25, -0.2) is 9.78 Å². The van der Waals surface area contributed by atoms with Gasteiger partial charge in [-0.1, -0.05) is 11.6 Å². The number of carbonyl (C=O) groups is 1. The van der Waals surface area contributed by atoms with E-state index in [1.165, 1.54) is 12.3 Å². The summed E-state index contributed by atoms with van der Waals surface area (Å²) in [6.07, 6.45) is 1.31. The first kappa shape index (κ1) is 14.7. The fourth-order valence-corrected chi connectivity index (χ4v) is 2.04. The summed E-state index contributed by atoms with van der Waals surface area (Å²) in [7, 11) is 1.63. The number of ether oxygens (including phenoxy) is 1. The Hall–Kier alpha value is -1.33. The summed E-state index contributed by atoms with van der Waals surface area (Å²) in [6.45, 7) is 5.24. The summed E-state index contributed by atoms with van der Waals surface area (Å²) in [5, 5.41) is 9.19. The van der Waals surface area contributed by atoms with Crippen LogP contribution >= 0.6 is 11.6 Å². The number of anilines is 1. The SMILES string of the molecule is CCN(c1ncc(C(=O)O)cc1Cl)C(C)COC. The second kappa shape index (κ2) is 6.56. The van der Waals surface area contributed by atoms with E-state index in [1.54, 1.807) is 7.11 Å². The van der Waals surface area contributed by atoms with Crippen molar-refractivity contribution in [1.82, 2.24) is 4.98 Å². The van der Waals surface area contributed by atoms with E-state index < -0.39 is 5.97 Å². The quantitative estimate of drug-likeness (QED) is 0.861. The zero-order chi connectivity index (χ0) is 13.7.